The van der Waals surface area contributed by atoms with Gasteiger partial charge in [0.25, 0.3) is 0 Å². The molecule has 2 heteroatoms. The largest absolute Gasteiger partial charge is 0.366 e. The van der Waals surface area contributed by atoms with E-state index in [0.29, 0.717) is 0 Å². The highest BCUT2D eigenvalue weighted by atomic mass is 16.5. The molecule has 0 radical (unpaired) electrons. The summed E-state index contributed by atoms with van der Waals surface area (Å²) in [6.45, 7) is 9.10. The standard InChI is InChI=1S/C10H19NO/c1-8(2)10-3-9-4-11(5-10)7-12-6-9/h8-10H,3-7H2,1-2H3. The van der Waals surface area contributed by atoms with Crippen molar-refractivity contribution in [2.24, 2.45) is 17.8 Å². The molecule has 2 rings (SSSR count). The van der Waals surface area contributed by atoms with Crippen molar-refractivity contribution in [1.82, 2.24) is 4.90 Å². The Labute approximate surface area is 74.9 Å². The van der Waals surface area contributed by atoms with Crippen LogP contribution in [0.1, 0.15) is 20.3 Å². The summed E-state index contributed by atoms with van der Waals surface area (Å²) >= 11 is 0. The Morgan fingerprint density at radius 3 is 2.83 bits per heavy atom. The molecule has 3 atom stereocenters. The van der Waals surface area contributed by atoms with Gasteiger partial charge in [-0.3, -0.25) is 4.90 Å². The molecule has 2 bridgehead atoms. The number of rotatable bonds is 1. The Bertz CT molecular complexity index is 146. The second-order valence-electron chi connectivity index (χ2n) is 4.64. The number of piperidine rings is 1. The van der Waals surface area contributed by atoms with Gasteiger partial charge in [0.2, 0.25) is 0 Å². The van der Waals surface area contributed by atoms with Crippen LogP contribution in [0.5, 0.6) is 0 Å². The molecule has 2 aliphatic heterocycles. The molecule has 0 aromatic rings. The SMILES string of the molecule is CC(C)C1CC2COCN(C2)C1. The van der Waals surface area contributed by atoms with Gasteiger partial charge in [-0.25, -0.2) is 0 Å². The highest BCUT2D eigenvalue weighted by molar-refractivity contribution is 4.81. The molecule has 0 aliphatic carbocycles. The van der Waals surface area contributed by atoms with E-state index in [9.17, 15) is 0 Å². The fourth-order valence-corrected chi connectivity index (χ4v) is 2.41. The van der Waals surface area contributed by atoms with Gasteiger partial charge in [0.15, 0.2) is 0 Å². The molecule has 2 aliphatic rings. The minimum atomic E-state index is 0.819. The normalized spacial score (nSPS) is 41.8. The lowest BCUT2D eigenvalue weighted by molar-refractivity contribution is -0.0875. The number of ether oxygens (including phenoxy) is 1. The van der Waals surface area contributed by atoms with Gasteiger partial charge in [0.1, 0.15) is 0 Å². The molecule has 2 heterocycles. The summed E-state index contributed by atoms with van der Waals surface area (Å²) < 4.78 is 5.49. The smallest absolute Gasteiger partial charge is 0.0990 e. The number of hydrogen-bond donors (Lipinski definition) is 0. The predicted molar refractivity (Wildman–Crippen MR) is 48.8 cm³/mol. The topological polar surface area (TPSA) is 12.5 Å². The van der Waals surface area contributed by atoms with Gasteiger partial charge in [-0.05, 0) is 24.2 Å². The molecule has 3 unspecified atom stereocenters. The van der Waals surface area contributed by atoms with E-state index in [-0.39, 0.29) is 0 Å². The Kier molecular flexibility index (Phi) is 2.37. The highest BCUT2D eigenvalue weighted by Crippen LogP contribution is 2.29. The van der Waals surface area contributed by atoms with Crippen molar-refractivity contribution >= 4 is 0 Å². The van der Waals surface area contributed by atoms with Crippen LogP contribution in [-0.4, -0.2) is 31.3 Å². The lowest BCUT2D eigenvalue weighted by atomic mass is 9.82. The third-order valence-corrected chi connectivity index (χ3v) is 3.22. The third-order valence-electron chi connectivity index (χ3n) is 3.22. The fourth-order valence-electron chi connectivity index (χ4n) is 2.41. The van der Waals surface area contributed by atoms with Gasteiger partial charge >= 0.3 is 0 Å². The van der Waals surface area contributed by atoms with Gasteiger partial charge in [0.05, 0.1) is 13.3 Å². The second kappa shape index (κ2) is 3.35. The van der Waals surface area contributed by atoms with Gasteiger partial charge in [-0.1, -0.05) is 13.8 Å². The molecule has 0 saturated carbocycles. The first-order chi connectivity index (χ1) is 5.75. The van der Waals surface area contributed by atoms with Gasteiger partial charge in [0, 0.05) is 13.1 Å². The van der Waals surface area contributed by atoms with E-state index in [1.807, 2.05) is 0 Å². The zero-order valence-corrected chi connectivity index (χ0v) is 8.12. The van der Waals surface area contributed by atoms with Gasteiger partial charge in [-0.15, -0.1) is 0 Å². The van der Waals surface area contributed by atoms with Crippen LogP contribution in [0.15, 0.2) is 0 Å². The van der Waals surface area contributed by atoms with Crippen molar-refractivity contribution < 1.29 is 4.74 Å². The number of hydrogen-bond acceptors (Lipinski definition) is 2. The van der Waals surface area contributed by atoms with Crippen LogP contribution in [0.25, 0.3) is 0 Å². The van der Waals surface area contributed by atoms with Crippen molar-refractivity contribution in [2.45, 2.75) is 20.3 Å². The van der Waals surface area contributed by atoms with E-state index in [1.54, 1.807) is 0 Å². The number of fused-ring (bicyclic) bond motifs is 2. The van der Waals surface area contributed by atoms with Crippen molar-refractivity contribution in [3.05, 3.63) is 0 Å². The minimum Gasteiger partial charge on any atom is -0.366 e. The van der Waals surface area contributed by atoms with E-state index < -0.39 is 0 Å². The molecular weight excluding hydrogens is 150 g/mol. The Hall–Kier alpha value is -0.0800. The van der Waals surface area contributed by atoms with E-state index in [1.165, 1.54) is 19.5 Å². The maximum Gasteiger partial charge on any atom is 0.0990 e. The molecular formula is C10H19NO. The number of nitrogens with zero attached hydrogens (tertiary/aromatic N) is 1. The lowest BCUT2D eigenvalue weighted by Gasteiger charge is -2.42. The average Bonchev–Trinajstić information content (AvgIpc) is 2.03. The Balaban J connectivity index is 1.96. The van der Waals surface area contributed by atoms with Crippen LogP contribution in [-0.2, 0) is 4.74 Å². The second-order valence-corrected chi connectivity index (χ2v) is 4.64. The molecule has 2 saturated heterocycles. The van der Waals surface area contributed by atoms with E-state index in [2.05, 4.69) is 18.7 Å². The fraction of sp³-hybridized carbons (Fsp3) is 1.00. The van der Waals surface area contributed by atoms with Gasteiger partial charge < -0.3 is 4.74 Å². The Morgan fingerprint density at radius 1 is 1.33 bits per heavy atom. The summed E-state index contributed by atoms with van der Waals surface area (Å²) in [6, 6.07) is 0. The molecule has 70 valence electrons. The monoisotopic (exact) mass is 169 g/mol. The first-order valence-electron chi connectivity index (χ1n) is 5.06. The maximum atomic E-state index is 5.49. The molecule has 0 aromatic heterocycles. The van der Waals surface area contributed by atoms with Gasteiger partial charge in [-0.2, -0.15) is 0 Å². The molecule has 0 amide bonds. The van der Waals surface area contributed by atoms with Crippen molar-refractivity contribution in [1.29, 1.82) is 0 Å². The first kappa shape index (κ1) is 8.52. The van der Waals surface area contributed by atoms with Crippen molar-refractivity contribution in [3.8, 4) is 0 Å². The minimum absolute atomic E-state index is 0.819. The van der Waals surface area contributed by atoms with Crippen LogP contribution in [0.3, 0.4) is 0 Å². The van der Waals surface area contributed by atoms with Crippen LogP contribution in [0.4, 0.5) is 0 Å². The molecule has 2 fully saturated rings. The van der Waals surface area contributed by atoms with Crippen LogP contribution < -0.4 is 0 Å². The highest BCUT2D eigenvalue weighted by Gasteiger charge is 2.31. The van der Waals surface area contributed by atoms with E-state index in [0.717, 1.165) is 31.1 Å². The van der Waals surface area contributed by atoms with Crippen LogP contribution in [0, 0.1) is 17.8 Å². The summed E-state index contributed by atoms with van der Waals surface area (Å²) in [7, 11) is 0. The van der Waals surface area contributed by atoms with Crippen LogP contribution >= 0.6 is 0 Å². The summed E-state index contributed by atoms with van der Waals surface area (Å²) in [5, 5.41) is 0. The summed E-state index contributed by atoms with van der Waals surface area (Å²) in [5.74, 6) is 2.57. The molecule has 12 heavy (non-hydrogen) atoms. The van der Waals surface area contributed by atoms with E-state index in [4.69, 9.17) is 4.74 Å². The van der Waals surface area contributed by atoms with Crippen LogP contribution in [0.2, 0.25) is 0 Å². The first-order valence-corrected chi connectivity index (χ1v) is 5.06. The Morgan fingerprint density at radius 2 is 2.17 bits per heavy atom. The molecule has 2 nitrogen and oxygen atoms in total. The molecule has 0 aromatic carbocycles. The maximum absolute atomic E-state index is 5.49. The molecule has 0 spiro atoms. The van der Waals surface area contributed by atoms with E-state index >= 15 is 0 Å². The third kappa shape index (κ3) is 1.64. The van der Waals surface area contributed by atoms with Crippen molar-refractivity contribution in [3.63, 3.8) is 0 Å². The summed E-state index contributed by atoms with van der Waals surface area (Å²) in [4.78, 5) is 2.46. The summed E-state index contributed by atoms with van der Waals surface area (Å²) in [6.07, 6.45) is 1.38. The summed E-state index contributed by atoms with van der Waals surface area (Å²) in [5.41, 5.74) is 0. The zero-order chi connectivity index (χ0) is 8.55. The average molecular weight is 169 g/mol. The van der Waals surface area contributed by atoms with Crippen molar-refractivity contribution in [2.75, 3.05) is 26.4 Å². The quantitative estimate of drug-likeness (QED) is 0.591. The lowest BCUT2D eigenvalue weighted by Crippen LogP contribution is -2.48. The predicted octanol–water partition coefficient (Wildman–Crippen LogP) is 1.57. The zero-order valence-electron chi connectivity index (χ0n) is 8.12. The molecule has 0 N–H and O–H groups in total.